The molecule has 0 fully saturated rings. The number of aliphatic carboxylic acids is 1. The molecule has 8 nitrogen and oxygen atoms in total. The molecule has 31 heavy (non-hydrogen) atoms. The third kappa shape index (κ3) is 6.51. The molecule has 0 aliphatic heterocycles. The number of methoxy groups -OCH3 is 1. The number of amides is 1. The first-order valence-electron chi connectivity index (χ1n) is 8.64. The molecule has 11 heteroatoms. The van der Waals surface area contributed by atoms with Gasteiger partial charge in [-0.25, -0.2) is 23.2 Å². The van der Waals surface area contributed by atoms with Gasteiger partial charge in [-0.3, -0.25) is 4.79 Å². The number of benzene rings is 2. The third-order valence-corrected chi connectivity index (χ3v) is 4.68. The molecule has 164 valence electrons. The Hall–Kier alpha value is -3.47. The van der Waals surface area contributed by atoms with Crippen LogP contribution in [0.1, 0.15) is 17.3 Å². The molecule has 0 aromatic heterocycles. The van der Waals surface area contributed by atoms with Gasteiger partial charge < -0.3 is 19.9 Å². The second-order valence-electron chi connectivity index (χ2n) is 6.08. The summed E-state index contributed by atoms with van der Waals surface area (Å²) in [5, 5.41) is 10.3. The first kappa shape index (κ1) is 23.8. The van der Waals surface area contributed by atoms with Crippen LogP contribution in [0.3, 0.4) is 0 Å². The maximum absolute atomic E-state index is 14.1. The van der Waals surface area contributed by atoms with Gasteiger partial charge >= 0.3 is 17.2 Å². The van der Waals surface area contributed by atoms with Gasteiger partial charge in [-0.2, -0.15) is 0 Å². The van der Waals surface area contributed by atoms with Gasteiger partial charge in [0.2, 0.25) is 5.91 Å². The van der Waals surface area contributed by atoms with Crippen LogP contribution in [0.15, 0.2) is 36.4 Å². The number of hydrogen-bond acceptors (Lipinski definition) is 7. The second kappa shape index (κ2) is 10.5. The number of rotatable bonds is 7. The summed E-state index contributed by atoms with van der Waals surface area (Å²) >= 11 is 0.472. The van der Waals surface area contributed by atoms with E-state index in [4.69, 9.17) is 9.84 Å². The Balaban J connectivity index is 2.23. The van der Waals surface area contributed by atoms with Gasteiger partial charge in [-0.15, -0.1) is 0 Å². The molecule has 1 atom stereocenters. The molecule has 2 aromatic rings. The molecule has 0 aliphatic carbocycles. The number of halogens is 2. The Morgan fingerprint density at radius 3 is 2.42 bits per heavy atom. The van der Waals surface area contributed by atoms with Crippen LogP contribution in [0.4, 0.5) is 13.6 Å². The maximum Gasteiger partial charge on any atom is 0.372 e. The smallest absolute Gasteiger partial charge is 0.372 e. The van der Waals surface area contributed by atoms with Crippen LogP contribution in [0.2, 0.25) is 0 Å². The summed E-state index contributed by atoms with van der Waals surface area (Å²) in [5.41, 5.74) is 0.0229. The van der Waals surface area contributed by atoms with Crippen molar-refractivity contribution in [3.05, 3.63) is 53.6 Å². The quantitative estimate of drug-likeness (QED) is 0.614. The van der Waals surface area contributed by atoms with E-state index in [0.717, 1.165) is 20.1 Å². The van der Waals surface area contributed by atoms with Gasteiger partial charge in [-0.05, 0) is 41.6 Å². The van der Waals surface area contributed by atoms with Crippen LogP contribution in [0.25, 0.3) is 11.1 Å². The van der Waals surface area contributed by atoms with Crippen LogP contribution < -0.4 is 10.1 Å². The number of nitrogens with one attached hydrogen (secondary N) is 1. The molecule has 2 N–H and O–H groups in total. The molecular formula is C20H17F2NO7S. The summed E-state index contributed by atoms with van der Waals surface area (Å²) < 4.78 is 37.0. The fourth-order valence-electron chi connectivity index (χ4n) is 2.47. The summed E-state index contributed by atoms with van der Waals surface area (Å²) in [6, 6.07) is 5.40. The van der Waals surface area contributed by atoms with Gasteiger partial charge in [0, 0.05) is 24.3 Å². The fourth-order valence-corrected chi connectivity index (χ4v) is 3.15. The molecule has 0 bridgehead atoms. The van der Waals surface area contributed by atoms with Crippen molar-refractivity contribution in [2.45, 2.75) is 13.0 Å². The number of carboxylic acid groups (broad SMARTS) is 1. The first-order chi connectivity index (χ1) is 14.6. The van der Waals surface area contributed by atoms with Crippen molar-refractivity contribution in [3.8, 4) is 16.9 Å². The number of ether oxygens (including phenoxy) is 2. The summed E-state index contributed by atoms with van der Waals surface area (Å²) in [4.78, 5) is 46.4. The van der Waals surface area contributed by atoms with Gasteiger partial charge in [0.25, 0.3) is 0 Å². The third-order valence-electron chi connectivity index (χ3n) is 3.86. The minimum atomic E-state index is -1.34. The Morgan fingerprint density at radius 1 is 1.13 bits per heavy atom. The molecular weight excluding hydrogens is 436 g/mol. The average molecular weight is 453 g/mol. The number of carbonyl (C=O) groups excluding carboxylic acids is 3. The van der Waals surface area contributed by atoms with E-state index in [2.05, 4.69) is 10.1 Å². The Bertz CT molecular complexity index is 1030. The lowest BCUT2D eigenvalue weighted by atomic mass is 10.0. The van der Waals surface area contributed by atoms with Gasteiger partial charge in [-0.1, -0.05) is 6.07 Å². The van der Waals surface area contributed by atoms with E-state index in [-0.39, 0.29) is 28.2 Å². The number of thioether (sulfide) groups is 1. The monoisotopic (exact) mass is 453 g/mol. The van der Waals surface area contributed by atoms with Gasteiger partial charge in [0.05, 0.1) is 7.11 Å². The highest BCUT2D eigenvalue weighted by Gasteiger charge is 2.23. The van der Waals surface area contributed by atoms with E-state index in [1.165, 1.54) is 24.3 Å². The number of carbonyl (C=O) groups is 4. The molecule has 0 unspecified atom stereocenters. The molecule has 0 saturated heterocycles. The normalized spacial score (nSPS) is 11.4. The molecule has 0 radical (unpaired) electrons. The van der Waals surface area contributed by atoms with Crippen molar-refractivity contribution < 1.29 is 42.5 Å². The minimum Gasteiger partial charge on any atom is -0.480 e. The molecule has 0 aliphatic rings. The highest BCUT2D eigenvalue weighted by Crippen LogP contribution is 2.30. The van der Waals surface area contributed by atoms with Crippen molar-refractivity contribution in [2.75, 3.05) is 12.9 Å². The topological polar surface area (TPSA) is 119 Å². The van der Waals surface area contributed by atoms with Crippen molar-refractivity contribution in [1.29, 1.82) is 0 Å². The minimum absolute atomic E-state index is 0.0124. The largest absolute Gasteiger partial charge is 0.480 e. The van der Waals surface area contributed by atoms with E-state index < -0.39 is 40.8 Å². The highest BCUT2D eigenvalue weighted by atomic mass is 32.2. The number of carboxylic acids is 1. The summed E-state index contributed by atoms with van der Waals surface area (Å²) in [5.74, 6) is -4.94. The molecule has 0 heterocycles. The van der Waals surface area contributed by atoms with E-state index in [9.17, 15) is 28.0 Å². The van der Waals surface area contributed by atoms with Crippen LogP contribution >= 0.6 is 11.8 Å². The van der Waals surface area contributed by atoms with E-state index in [0.29, 0.717) is 17.8 Å². The lowest BCUT2D eigenvalue weighted by Crippen LogP contribution is -2.41. The molecule has 0 spiro atoms. The number of hydrogen-bond donors (Lipinski definition) is 2. The van der Waals surface area contributed by atoms with Crippen molar-refractivity contribution in [3.63, 3.8) is 0 Å². The van der Waals surface area contributed by atoms with Crippen LogP contribution in [-0.2, 0) is 14.3 Å². The summed E-state index contributed by atoms with van der Waals surface area (Å²) in [6.45, 7) is 1.13. The average Bonchev–Trinajstić information content (AvgIpc) is 2.70. The van der Waals surface area contributed by atoms with E-state index in [1.54, 1.807) is 0 Å². The predicted molar refractivity (Wildman–Crippen MR) is 107 cm³/mol. The van der Waals surface area contributed by atoms with Crippen LogP contribution in [0.5, 0.6) is 5.75 Å². The second-order valence-corrected chi connectivity index (χ2v) is 7.04. The SMILES string of the molecule is COC(=O)c1cc(-c2ccc(F)cc2F)ccc1OC(=O)SC[C@@H](NC(C)=O)C(=O)O. The summed E-state index contributed by atoms with van der Waals surface area (Å²) in [7, 11) is 1.10. The van der Waals surface area contributed by atoms with Crippen molar-refractivity contribution in [2.24, 2.45) is 0 Å². The first-order valence-corrected chi connectivity index (χ1v) is 9.63. The van der Waals surface area contributed by atoms with E-state index >= 15 is 0 Å². The molecule has 2 aromatic carbocycles. The van der Waals surface area contributed by atoms with Gasteiger partial charge in [0.1, 0.15) is 29.0 Å². The Morgan fingerprint density at radius 2 is 1.84 bits per heavy atom. The van der Waals surface area contributed by atoms with Gasteiger partial charge in [0.15, 0.2) is 0 Å². The zero-order valence-corrected chi connectivity index (χ0v) is 17.1. The zero-order valence-electron chi connectivity index (χ0n) is 16.3. The molecule has 2 rings (SSSR count). The van der Waals surface area contributed by atoms with E-state index in [1.807, 2.05) is 0 Å². The predicted octanol–water partition coefficient (Wildman–Crippen LogP) is 3.24. The fraction of sp³-hybridized carbons (Fsp3) is 0.200. The Labute approximate surface area is 179 Å². The molecule has 1 amide bonds. The Kier molecular flexibility index (Phi) is 8.08. The van der Waals surface area contributed by atoms with Crippen LogP contribution in [0, 0.1) is 11.6 Å². The lowest BCUT2D eigenvalue weighted by Gasteiger charge is -2.13. The van der Waals surface area contributed by atoms with Crippen molar-refractivity contribution >= 4 is 34.9 Å². The lowest BCUT2D eigenvalue weighted by molar-refractivity contribution is -0.140. The number of esters is 1. The van der Waals surface area contributed by atoms with Crippen LogP contribution in [-0.4, -0.2) is 47.2 Å². The summed E-state index contributed by atoms with van der Waals surface area (Å²) in [6.07, 6.45) is 0. The van der Waals surface area contributed by atoms with Crippen molar-refractivity contribution in [1.82, 2.24) is 5.32 Å². The highest BCUT2D eigenvalue weighted by molar-refractivity contribution is 8.13. The maximum atomic E-state index is 14.1. The standard InChI is InChI=1S/C20H17F2NO7S/c1-10(24)23-16(18(25)26)9-31-20(28)30-17-6-3-11(7-14(17)19(27)29-2)13-5-4-12(21)8-15(13)22/h3-8,16H,9H2,1-2H3,(H,23,24)(H,25,26)/t16-/m1/s1. The zero-order chi connectivity index (χ0) is 23.1. The molecule has 0 saturated carbocycles.